The van der Waals surface area contributed by atoms with Gasteiger partial charge in [0.25, 0.3) is 5.91 Å². The maximum Gasteiger partial charge on any atom is 0.325 e. The van der Waals surface area contributed by atoms with Gasteiger partial charge in [-0.15, -0.1) is 0 Å². The molecule has 1 fully saturated rings. The minimum Gasteiger partial charge on any atom is -0.465 e. The Labute approximate surface area is 153 Å². The van der Waals surface area contributed by atoms with E-state index in [0.717, 1.165) is 19.6 Å². The normalized spacial score (nSPS) is 15.2. The molecule has 2 rings (SSSR count). The van der Waals surface area contributed by atoms with E-state index in [2.05, 4.69) is 22.3 Å². The summed E-state index contributed by atoms with van der Waals surface area (Å²) >= 11 is 0. The lowest BCUT2D eigenvalue weighted by Gasteiger charge is -2.34. The molecule has 7 nitrogen and oxygen atoms in total. The second-order valence-electron chi connectivity index (χ2n) is 5.91. The highest BCUT2D eigenvalue weighted by molar-refractivity contribution is 5.97. The van der Waals surface area contributed by atoms with E-state index in [1.54, 1.807) is 11.8 Å². The molecule has 26 heavy (non-hydrogen) atoms. The average Bonchev–Trinajstić information content (AvgIpc) is 2.66. The lowest BCUT2D eigenvalue weighted by Crippen LogP contribution is -2.48. The lowest BCUT2D eigenvalue weighted by atomic mass is 10.2. The highest BCUT2D eigenvalue weighted by atomic mass is 16.5. The van der Waals surface area contributed by atoms with Gasteiger partial charge >= 0.3 is 5.97 Å². The van der Waals surface area contributed by atoms with Crippen LogP contribution in [0.3, 0.4) is 0 Å². The summed E-state index contributed by atoms with van der Waals surface area (Å²) in [5.41, 5.74) is 1.24. The molecule has 1 aromatic rings. The maximum atomic E-state index is 12.5. The molecule has 0 saturated carbocycles. The predicted octanol–water partition coefficient (Wildman–Crippen LogP) is 0.891. The van der Waals surface area contributed by atoms with E-state index in [9.17, 15) is 14.9 Å². The Balaban J connectivity index is 1.82. The van der Waals surface area contributed by atoms with Crippen molar-refractivity contribution in [2.45, 2.75) is 13.5 Å². The zero-order chi connectivity index (χ0) is 18.8. The number of nitriles is 1. The number of esters is 1. The van der Waals surface area contributed by atoms with Gasteiger partial charge in [0, 0.05) is 38.9 Å². The second-order valence-corrected chi connectivity index (χ2v) is 5.91. The number of carbonyl (C=O) groups is 2. The van der Waals surface area contributed by atoms with Crippen LogP contribution in [0.25, 0.3) is 0 Å². The molecule has 0 atom stereocenters. The van der Waals surface area contributed by atoms with E-state index >= 15 is 0 Å². The van der Waals surface area contributed by atoms with Crippen LogP contribution in [-0.4, -0.2) is 61.0 Å². The number of hydrogen-bond donors (Lipinski definition) is 1. The minimum absolute atomic E-state index is 0.00851. The van der Waals surface area contributed by atoms with E-state index in [4.69, 9.17) is 4.74 Å². The molecule has 0 unspecified atom stereocenters. The summed E-state index contributed by atoms with van der Waals surface area (Å²) in [4.78, 5) is 27.7. The summed E-state index contributed by atoms with van der Waals surface area (Å²) < 4.78 is 4.78. The standard InChI is InChI=1S/C19H24N4O3/c1-2-26-18(24)14-21-13-17(12-20)19(25)23-10-8-22(9-11-23)15-16-6-4-3-5-7-16/h3-7,13,21H,2,8-11,14-15H2,1H3/b17-13-. The first kappa shape index (κ1) is 19.5. The van der Waals surface area contributed by atoms with Crippen molar-refractivity contribution < 1.29 is 14.3 Å². The third-order valence-corrected chi connectivity index (χ3v) is 4.06. The molecule has 1 N–H and O–H groups in total. The summed E-state index contributed by atoms with van der Waals surface area (Å²) in [7, 11) is 0. The quantitative estimate of drug-likeness (QED) is 0.444. The van der Waals surface area contributed by atoms with E-state index in [1.165, 1.54) is 11.8 Å². The Kier molecular flexibility index (Phi) is 7.65. The van der Waals surface area contributed by atoms with Gasteiger partial charge in [-0.3, -0.25) is 14.5 Å². The highest BCUT2D eigenvalue weighted by Gasteiger charge is 2.23. The van der Waals surface area contributed by atoms with E-state index in [0.29, 0.717) is 19.7 Å². The number of rotatable bonds is 7. The number of hydrogen-bond acceptors (Lipinski definition) is 6. The summed E-state index contributed by atoms with van der Waals surface area (Å²) in [5, 5.41) is 11.9. The number of benzene rings is 1. The first-order valence-corrected chi connectivity index (χ1v) is 8.69. The van der Waals surface area contributed by atoms with Crippen LogP contribution in [0.1, 0.15) is 12.5 Å². The van der Waals surface area contributed by atoms with Gasteiger partial charge in [0.1, 0.15) is 18.2 Å². The molecule has 7 heteroatoms. The Hall–Kier alpha value is -2.85. The van der Waals surface area contributed by atoms with Gasteiger partial charge in [0.05, 0.1) is 6.61 Å². The Bertz CT molecular complexity index is 674. The first-order valence-electron chi connectivity index (χ1n) is 8.69. The molecule has 1 aliphatic rings. The summed E-state index contributed by atoms with van der Waals surface area (Å²) in [6, 6.07) is 12.1. The van der Waals surface area contributed by atoms with Crippen molar-refractivity contribution in [1.29, 1.82) is 5.26 Å². The number of ether oxygens (including phenoxy) is 1. The van der Waals surface area contributed by atoms with E-state index < -0.39 is 5.97 Å². The van der Waals surface area contributed by atoms with Crippen molar-refractivity contribution in [1.82, 2.24) is 15.1 Å². The molecule has 0 radical (unpaired) electrons. The molecule has 1 saturated heterocycles. The molecule has 0 spiro atoms. The van der Waals surface area contributed by atoms with Crippen LogP contribution in [0, 0.1) is 11.3 Å². The molecule has 1 aromatic carbocycles. The molecular formula is C19H24N4O3. The summed E-state index contributed by atoms with van der Waals surface area (Å²) in [5.74, 6) is -0.744. The van der Waals surface area contributed by atoms with Gasteiger partial charge in [0.15, 0.2) is 0 Å². The Morgan fingerprint density at radius 1 is 1.23 bits per heavy atom. The number of nitrogens with zero attached hydrogens (tertiary/aromatic N) is 3. The molecule has 0 aromatic heterocycles. The highest BCUT2D eigenvalue weighted by Crippen LogP contribution is 2.10. The zero-order valence-corrected chi connectivity index (χ0v) is 15.0. The van der Waals surface area contributed by atoms with Gasteiger partial charge in [-0.25, -0.2) is 0 Å². The molecule has 1 heterocycles. The molecule has 138 valence electrons. The van der Waals surface area contributed by atoms with Crippen molar-refractivity contribution in [3.63, 3.8) is 0 Å². The Morgan fingerprint density at radius 2 is 1.92 bits per heavy atom. The van der Waals surface area contributed by atoms with Crippen molar-refractivity contribution in [2.24, 2.45) is 0 Å². The van der Waals surface area contributed by atoms with E-state index in [-0.39, 0.29) is 18.0 Å². The minimum atomic E-state index is -0.428. The average molecular weight is 356 g/mol. The zero-order valence-electron chi connectivity index (χ0n) is 15.0. The number of amides is 1. The fourth-order valence-electron chi connectivity index (χ4n) is 2.71. The lowest BCUT2D eigenvalue weighted by molar-refractivity contribution is -0.141. The van der Waals surface area contributed by atoms with Gasteiger partial charge in [0.2, 0.25) is 0 Å². The SMILES string of the molecule is CCOC(=O)CN/C=C(/C#N)C(=O)N1CCN(Cc2ccccc2)CC1. The van der Waals surface area contributed by atoms with Crippen LogP contribution < -0.4 is 5.32 Å². The fourth-order valence-corrected chi connectivity index (χ4v) is 2.71. The van der Waals surface area contributed by atoms with Gasteiger partial charge in [-0.05, 0) is 12.5 Å². The third-order valence-electron chi connectivity index (χ3n) is 4.06. The molecular weight excluding hydrogens is 332 g/mol. The first-order chi connectivity index (χ1) is 12.6. The fraction of sp³-hybridized carbons (Fsp3) is 0.421. The molecule has 1 aliphatic heterocycles. The maximum absolute atomic E-state index is 12.5. The van der Waals surface area contributed by atoms with Crippen molar-refractivity contribution in [2.75, 3.05) is 39.3 Å². The van der Waals surface area contributed by atoms with Gasteiger partial charge in [-0.2, -0.15) is 5.26 Å². The van der Waals surface area contributed by atoms with Crippen molar-refractivity contribution >= 4 is 11.9 Å². The van der Waals surface area contributed by atoms with Crippen LogP contribution >= 0.6 is 0 Å². The molecule has 1 amide bonds. The van der Waals surface area contributed by atoms with Crippen LogP contribution in [0.2, 0.25) is 0 Å². The summed E-state index contributed by atoms with van der Waals surface area (Å²) in [6.45, 7) is 5.45. The smallest absolute Gasteiger partial charge is 0.325 e. The van der Waals surface area contributed by atoms with Crippen LogP contribution in [0.4, 0.5) is 0 Å². The number of piperazine rings is 1. The number of nitrogens with one attached hydrogen (secondary N) is 1. The topological polar surface area (TPSA) is 85.7 Å². The summed E-state index contributed by atoms with van der Waals surface area (Å²) in [6.07, 6.45) is 1.29. The van der Waals surface area contributed by atoms with Gasteiger partial charge < -0.3 is 15.0 Å². The number of carbonyl (C=O) groups excluding carboxylic acids is 2. The largest absolute Gasteiger partial charge is 0.465 e. The third kappa shape index (κ3) is 5.90. The van der Waals surface area contributed by atoms with Crippen molar-refractivity contribution in [3.8, 4) is 6.07 Å². The second kappa shape index (κ2) is 10.2. The van der Waals surface area contributed by atoms with Crippen LogP contribution in [-0.2, 0) is 20.9 Å². The predicted molar refractivity (Wildman–Crippen MR) is 96.6 cm³/mol. The van der Waals surface area contributed by atoms with Crippen molar-refractivity contribution in [3.05, 3.63) is 47.7 Å². The monoisotopic (exact) mass is 356 g/mol. The van der Waals surface area contributed by atoms with E-state index in [1.807, 2.05) is 24.3 Å². The molecule has 0 aliphatic carbocycles. The molecule has 0 bridgehead atoms. The van der Waals surface area contributed by atoms with Crippen LogP contribution in [0.5, 0.6) is 0 Å². The van der Waals surface area contributed by atoms with Crippen LogP contribution in [0.15, 0.2) is 42.1 Å². The van der Waals surface area contributed by atoms with Gasteiger partial charge in [-0.1, -0.05) is 30.3 Å². The Morgan fingerprint density at radius 3 is 2.54 bits per heavy atom.